The molecule has 0 spiro atoms. The SMILES string of the molecule is Cc1cccc(NCc2nc3cc(-c4ccc(Cl)cc4)sc3c(=O)[nH]2)c1. The van der Waals surface area contributed by atoms with Gasteiger partial charge in [0.25, 0.3) is 5.56 Å². The van der Waals surface area contributed by atoms with Crippen LogP contribution in [-0.4, -0.2) is 9.97 Å². The molecule has 0 amide bonds. The van der Waals surface area contributed by atoms with Crippen molar-refractivity contribution in [2.45, 2.75) is 13.5 Å². The quantitative estimate of drug-likeness (QED) is 0.509. The number of thiophene rings is 1. The Morgan fingerprint density at radius 2 is 1.96 bits per heavy atom. The van der Waals surface area contributed by atoms with E-state index in [1.54, 1.807) is 0 Å². The van der Waals surface area contributed by atoms with Crippen molar-refractivity contribution in [1.29, 1.82) is 0 Å². The molecule has 130 valence electrons. The summed E-state index contributed by atoms with van der Waals surface area (Å²) in [6.07, 6.45) is 0. The number of rotatable bonds is 4. The molecule has 2 aromatic heterocycles. The summed E-state index contributed by atoms with van der Waals surface area (Å²) in [7, 11) is 0. The third-order valence-electron chi connectivity index (χ3n) is 4.04. The molecule has 2 heterocycles. The molecule has 2 N–H and O–H groups in total. The molecule has 0 aliphatic carbocycles. The Morgan fingerprint density at radius 3 is 2.73 bits per heavy atom. The number of hydrogen-bond acceptors (Lipinski definition) is 4. The van der Waals surface area contributed by atoms with Gasteiger partial charge in [-0.15, -0.1) is 11.3 Å². The van der Waals surface area contributed by atoms with Crippen LogP contribution in [0.1, 0.15) is 11.4 Å². The van der Waals surface area contributed by atoms with E-state index in [1.807, 2.05) is 55.5 Å². The third-order valence-corrected chi connectivity index (χ3v) is 5.46. The van der Waals surface area contributed by atoms with Crippen molar-refractivity contribution in [3.8, 4) is 10.4 Å². The molecule has 6 heteroatoms. The number of aromatic nitrogens is 2. The van der Waals surface area contributed by atoms with Crippen LogP contribution >= 0.6 is 22.9 Å². The minimum absolute atomic E-state index is 0.110. The van der Waals surface area contributed by atoms with Crippen LogP contribution in [0.25, 0.3) is 20.7 Å². The summed E-state index contributed by atoms with van der Waals surface area (Å²) in [6.45, 7) is 2.50. The summed E-state index contributed by atoms with van der Waals surface area (Å²) in [5.74, 6) is 0.615. The zero-order chi connectivity index (χ0) is 18.1. The number of aryl methyl sites for hydroxylation is 1. The van der Waals surface area contributed by atoms with Crippen LogP contribution in [0.3, 0.4) is 0 Å². The Balaban J connectivity index is 1.63. The number of nitrogens with zero attached hydrogens (tertiary/aromatic N) is 1. The molecular formula is C20H16ClN3OS. The first kappa shape index (κ1) is 16.8. The monoisotopic (exact) mass is 381 g/mol. The van der Waals surface area contributed by atoms with E-state index in [2.05, 4.69) is 21.4 Å². The number of H-pyrrole nitrogens is 1. The molecule has 0 bridgehead atoms. The van der Waals surface area contributed by atoms with Gasteiger partial charge in [0.1, 0.15) is 10.5 Å². The lowest BCUT2D eigenvalue weighted by atomic mass is 10.2. The second kappa shape index (κ2) is 6.94. The van der Waals surface area contributed by atoms with E-state index in [9.17, 15) is 4.79 Å². The molecule has 26 heavy (non-hydrogen) atoms. The summed E-state index contributed by atoms with van der Waals surface area (Å²) >= 11 is 7.39. The Morgan fingerprint density at radius 1 is 1.15 bits per heavy atom. The van der Waals surface area contributed by atoms with Gasteiger partial charge in [0.15, 0.2) is 0 Å². The van der Waals surface area contributed by atoms with Gasteiger partial charge in [-0.1, -0.05) is 35.9 Å². The highest BCUT2D eigenvalue weighted by molar-refractivity contribution is 7.22. The molecule has 0 unspecified atom stereocenters. The van der Waals surface area contributed by atoms with Gasteiger partial charge in [0.2, 0.25) is 0 Å². The molecule has 4 nitrogen and oxygen atoms in total. The minimum Gasteiger partial charge on any atom is -0.378 e. The van der Waals surface area contributed by atoms with Crippen LogP contribution in [0, 0.1) is 6.92 Å². The predicted molar refractivity (Wildman–Crippen MR) is 109 cm³/mol. The Hall–Kier alpha value is -2.63. The second-order valence-corrected chi connectivity index (χ2v) is 7.56. The molecule has 0 fully saturated rings. The maximum atomic E-state index is 12.4. The normalized spacial score (nSPS) is 11.0. The Labute approximate surface area is 159 Å². The zero-order valence-electron chi connectivity index (χ0n) is 14.0. The fraction of sp³-hybridized carbons (Fsp3) is 0.100. The summed E-state index contributed by atoms with van der Waals surface area (Å²) in [6, 6.07) is 17.6. The van der Waals surface area contributed by atoms with Gasteiger partial charge < -0.3 is 10.3 Å². The van der Waals surface area contributed by atoms with Gasteiger partial charge in [0, 0.05) is 15.6 Å². The molecule has 0 aliphatic heterocycles. The van der Waals surface area contributed by atoms with Crippen LogP contribution in [0.4, 0.5) is 5.69 Å². The van der Waals surface area contributed by atoms with Crippen molar-refractivity contribution in [2.24, 2.45) is 0 Å². The van der Waals surface area contributed by atoms with Gasteiger partial charge in [-0.25, -0.2) is 4.98 Å². The fourth-order valence-corrected chi connectivity index (χ4v) is 3.89. The molecule has 0 aliphatic rings. The molecule has 0 atom stereocenters. The van der Waals surface area contributed by atoms with Crippen molar-refractivity contribution >= 4 is 38.8 Å². The number of nitrogens with one attached hydrogen (secondary N) is 2. The van der Waals surface area contributed by atoms with E-state index in [-0.39, 0.29) is 5.56 Å². The lowest BCUT2D eigenvalue weighted by Gasteiger charge is -2.06. The number of halogens is 1. The van der Waals surface area contributed by atoms with E-state index in [0.717, 1.165) is 16.1 Å². The average molecular weight is 382 g/mol. The standard InChI is InChI=1S/C20H16ClN3OS/c1-12-3-2-4-15(9-12)22-11-18-23-16-10-17(26-19(16)20(25)24-18)13-5-7-14(21)8-6-13/h2-10,22H,11H2,1H3,(H,23,24,25). The summed E-state index contributed by atoms with van der Waals surface area (Å²) in [5.41, 5.74) is 3.81. The first-order valence-corrected chi connectivity index (χ1v) is 9.37. The highest BCUT2D eigenvalue weighted by Gasteiger charge is 2.10. The van der Waals surface area contributed by atoms with Crippen molar-refractivity contribution in [3.05, 3.63) is 81.4 Å². The number of anilines is 1. The molecule has 0 saturated heterocycles. The summed E-state index contributed by atoms with van der Waals surface area (Å²) in [4.78, 5) is 20.9. The van der Waals surface area contributed by atoms with E-state index in [0.29, 0.717) is 27.6 Å². The van der Waals surface area contributed by atoms with Crippen LogP contribution in [0.15, 0.2) is 59.4 Å². The molecule has 0 saturated carbocycles. The lowest BCUT2D eigenvalue weighted by Crippen LogP contribution is -2.13. The van der Waals surface area contributed by atoms with Gasteiger partial charge >= 0.3 is 0 Å². The van der Waals surface area contributed by atoms with Crippen molar-refractivity contribution in [2.75, 3.05) is 5.32 Å². The van der Waals surface area contributed by atoms with Crippen LogP contribution < -0.4 is 10.9 Å². The number of hydrogen-bond donors (Lipinski definition) is 2. The first-order valence-electron chi connectivity index (χ1n) is 8.18. The number of benzene rings is 2. The Kier molecular flexibility index (Phi) is 4.49. The molecular weight excluding hydrogens is 366 g/mol. The van der Waals surface area contributed by atoms with Crippen molar-refractivity contribution in [1.82, 2.24) is 9.97 Å². The van der Waals surface area contributed by atoms with Crippen molar-refractivity contribution < 1.29 is 0 Å². The van der Waals surface area contributed by atoms with E-state index < -0.39 is 0 Å². The average Bonchev–Trinajstić information content (AvgIpc) is 3.05. The maximum absolute atomic E-state index is 12.4. The molecule has 0 radical (unpaired) electrons. The van der Waals surface area contributed by atoms with Crippen LogP contribution in [-0.2, 0) is 6.54 Å². The smallest absolute Gasteiger partial charge is 0.268 e. The topological polar surface area (TPSA) is 57.8 Å². The zero-order valence-corrected chi connectivity index (χ0v) is 15.6. The van der Waals surface area contributed by atoms with Gasteiger partial charge in [-0.2, -0.15) is 0 Å². The highest BCUT2D eigenvalue weighted by Crippen LogP contribution is 2.31. The third kappa shape index (κ3) is 3.49. The number of aromatic amines is 1. The maximum Gasteiger partial charge on any atom is 0.268 e. The largest absolute Gasteiger partial charge is 0.378 e. The van der Waals surface area contributed by atoms with Gasteiger partial charge in [-0.05, 0) is 48.4 Å². The van der Waals surface area contributed by atoms with Gasteiger partial charge in [0.05, 0.1) is 12.1 Å². The van der Waals surface area contributed by atoms with Gasteiger partial charge in [-0.3, -0.25) is 4.79 Å². The first-order chi connectivity index (χ1) is 12.6. The Bertz CT molecular complexity index is 1130. The second-order valence-electron chi connectivity index (χ2n) is 6.07. The van der Waals surface area contributed by atoms with E-state index in [1.165, 1.54) is 16.9 Å². The van der Waals surface area contributed by atoms with Crippen LogP contribution in [0.5, 0.6) is 0 Å². The molecule has 4 rings (SSSR count). The summed E-state index contributed by atoms with van der Waals surface area (Å²) < 4.78 is 0.634. The highest BCUT2D eigenvalue weighted by atomic mass is 35.5. The van der Waals surface area contributed by atoms with E-state index >= 15 is 0 Å². The summed E-state index contributed by atoms with van der Waals surface area (Å²) in [5, 5.41) is 3.98. The van der Waals surface area contributed by atoms with Crippen molar-refractivity contribution in [3.63, 3.8) is 0 Å². The van der Waals surface area contributed by atoms with E-state index in [4.69, 9.17) is 11.6 Å². The molecule has 4 aromatic rings. The fourth-order valence-electron chi connectivity index (χ4n) is 2.77. The van der Waals surface area contributed by atoms with Crippen LogP contribution in [0.2, 0.25) is 5.02 Å². The number of fused-ring (bicyclic) bond motifs is 1. The lowest BCUT2D eigenvalue weighted by molar-refractivity contribution is 0.955. The minimum atomic E-state index is -0.110. The molecule has 2 aromatic carbocycles. The predicted octanol–water partition coefficient (Wildman–Crippen LogP) is 5.23.